The van der Waals surface area contributed by atoms with Crippen molar-refractivity contribution < 1.29 is 4.52 Å². The lowest BCUT2D eigenvalue weighted by Crippen LogP contribution is -2.13. The van der Waals surface area contributed by atoms with Crippen LogP contribution in [0.3, 0.4) is 0 Å². The number of fused-ring (bicyclic) bond motifs is 1. The van der Waals surface area contributed by atoms with Crippen LogP contribution >= 0.6 is 23.1 Å². The van der Waals surface area contributed by atoms with Crippen LogP contribution in [-0.2, 0) is 6.54 Å². The van der Waals surface area contributed by atoms with Crippen LogP contribution in [0.1, 0.15) is 5.76 Å². The largest absolute Gasteiger partial charge is 0.358 e. The minimum Gasteiger partial charge on any atom is -0.358 e. The van der Waals surface area contributed by atoms with E-state index in [0.717, 1.165) is 10.1 Å². The lowest BCUT2D eigenvalue weighted by atomic mass is 10.3. The zero-order valence-corrected chi connectivity index (χ0v) is 10.2. The second-order valence-corrected chi connectivity index (χ2v) is 5.00. The van der Waals surface area contributed by atoms with Crippen LogP contribution < -0.4 is 5.56 Å². The molecule has 0 saturated heterocycles. The lowest BCUT2D eigenvalue weighted by Gasteiger charge is -1.93. The van der Waals surface area contributed by atoms with Gasteiger partial charge in [-0.25, -0.2) is 0 Å². The molecule has 0 unspecified atom stereocenters. The third-order valence-corrected chi connectivity index (χ3v) is 3.63. The Hall–Kier alpha value is -1.59. The summed E-state index contributed by atoms with van der Waals surface area (Å²) in [5, 5.41) is 4.60. The van der Waals surface area contributed by atoms with Crippen molar-refractivity contribution in [2.24, 2.45) is 0 Å². The van der Waals surface area contributed by atoms with E-state index in [4.69, 9.17) is 16.1 Å². The SMILES string of the molecule is O=c1c2ccccc2sn1Cc1cc(Cl)no1. The molecule has 0 aliphatic carbocycles. The van der Waals surface area contributed by atoms with Crippen molar-refractivity contribution in [1.29, 1.82) is 0 Å². The van der Waals surface area contributed by atoms with E-state index in [2.05, 4.69) is 5.16 Å². The Morgan fingerprint density at radius 2 is 2.24 bits per heavy atom. The highest BCUT2D eigenvalue weighted by molar-refractivity contribution is 7.13. The van der Waals surface area contributed by atoms with E-state index in [9.17, 15) is 4.79 Å². The van der Waals surface area contributed by atoms with Gasteiger partial charge < -0.3 is 4.52 Å². The predicted octanol–water partition coefficient (Wildman–Crippen LogP) is 2.75. The average molecular weight is 267 g/mol. The van der Waals surface area contributed by atoms with Crippen molar-refractivity contribution in [3.05, 3.63) is 51.6 Å². The number of rotatable bonds is 2. The van der Waals surface area contributed by atoms with E-state index < -0.39 is 0 Å². The zero-order chi connectivity index (χ0) is 11.8. The monoisotopic (exact) mass is 266 g/mol. The summed E-state index contributed by atoms with van der Waals surface area (Å²) in [6, 6.07) is 9.11. The Bertz CT molecular complexity index is 728. The fraction of sp³-hybridized carbons (Fsp3) is 0.0909. The molecule has 0 amide bonds. The molecule has 17 heavy (non-hydrogen) atoms. The third kappa shape index (κ3) is 1.87. The fourth-order valence-corrected chi connectivity index (χ4v) is 2.79. The average Bonchev–Trinajstić information content (AvgIpc) is 2.86. The minimum atomic E-state index is -0.0156. The van der Waals surface area contributed by atoms with Gasteiger partial charge in [0.05, 0.1) is 16.6 Å². The van der Waals surface area contributed by atoms with Crippen LogP contribution in [0.25, 0.3) is 10.1 Å². The van der Waals surface area contributed by atoms with Crippen molar-refractivity contribution in [3.8, 4) is 0 Å². The first kappa shape index (κ1) is 10.6. The summed E-state index contributed by atoms with van der Waals surface area (Å²) < 4.78 is 7.57. The third-order valence-electron chi connectivity index (χ3n) is 2.38. The smallest absolute Gasteiger partial charge is 0.268 e. The molecule has 2 aromatic heterocycles. The van der Waals surface area contributed by atoms with E-state index in [1.807, 2.05) is 24.3 Å². The molecule has 0 atom stereocenters. The normalized spacial score (nSPS) is 11.1. The van der Waals surface area contributed by atoms with Gasteiger partial charge in [0.2, 0.25) is 0 Å². The molecule has 0 fully saturated rings. The Morgan fingerprint density at radius 3 is 2.94 bits per heavy atom. The van der Waals surface area contributed by atoms with Gasteiger partial charge in [0.15, 0.2) is 10.9 Å². The predicted molar refractivity (Wildman–Crippen MR) is 66.7 cm³/mol. The molecule has 0 aliphatic heterocycles. The maximum Gasteiger partial charge on any atom is 0.268 e. The van der Waals surface area contributed by atoms with Gasteiger partial charge in [0.25, 0.3) is 5.56 Å². The van der Waals surface area contributed by atoms with Crippen LogP contribution in [-0.4, -0.2) is 9.11 Å². The minimum absolute atomic E-state index is 0.0156. The number of aromatic nitrogens is 2. The summed E-state index contributed by atoms with van der Waals surface area (Å²) in [5.74, 6) is 0.573. The topological polar surface area (TPSA) is 48.0 Å². The van der Waals surface area contributed by atoms with Crippen molar-refractivity contribution >= 4 is 33.2 Å². The molecule has 0 N–H and O–H groups in total. The molecule has 3 rings (SSSR count). The molecule has 0 saturated carbocycles. The summed E-state index contributed by atoms with van der Waals surface area (Å²) >= 11 is 7.06. The first-order valence-electron chi connectivity index (χ1n) is 4.94. The summed E-state index contributed by atoms with van der Waals surface area (Å²) in [6.45, 7) is 0.359. The molecule has 86 valence electrons. The number of nitrogens with zero attached hydrogens (tertiary/aromatic N) is 2. The fourth-order valence-electron chi connectivity index (χ4n) is 1.63. The van der Waals surface area contributed by atoms with Gasteiger partial charge in [-0.1, -0.05) is 40.4 Å². The van der Waals surface area contributed by atoms with Gasteiger partial charge in [0.1, 0.15) is 0 Å². The number of hydrogen-bond acceptors (Lipinski definition) is 4. The van der Waals surface area contributed by atoms with Crippen molar-refractivity contribution in [3.63, 3.8) is 0 Å². The van der Waals surface area contributed by atoms with Crippen molar-refractivity contribution in [1.82, 2.24) is 9.11 Å². The standard InChI is InChI=1S/C11H7ClN2O2S/c12-10-5-7(16-13-10)6-14-11(15)8-3-1-2-4-9(8)17-14/h1-5H,6H2. The quantitative estimate of drug-likeness (QED) is 0.717. The second-order valence-electron chi connectivity index (χ2n) is 3.55. The molecular weight excluding hydrogens is 260 g/mol. The maximum absolute atomic E-state index is 12.0. The summed E-state index contributed by atoms with van der Waals surface area (Å²) in [6.07, 6.45) is 0. The Balaban J connectivity index is 2.06. The van der Waals surface area contributed by atoms with Gasteiger partial charge in [0, 0.05) is 6.07 Å². The Morgan fingerprint density at radius 1 is 1.41 bits per heavy atom. The van der Waals surface area contributed by atoms with Crippen LogP contribution in [0.4, 0.5) is 0 Å². The van der Waals surface area contributed by atoms with Crippen LogP contribution in [0.5, 0.6) is 0 Å². The number of hydrogen-bond donors (Lipinski definition) is 0. The molecule has 6 heteroatoms. The van der Waals surface area contributed by atoms with Crippen LogP contribution in [0.2, 0.25) is 5.15 Å². The molecule has 0 bridgehead atoms. The Kier molecular flexibility index (Phi) is 2.49. The number of halogens is 1. The molecule has 1 aromatic carbocycles. The van der Waals surface area contributed by atoms with E-state index in [0.29, 0.717) is 17.5 Å². The van der Waals surface area contributed by atoms with Crippen molar-refractivity contribution in [2.75, 3.05) is 0 Å². The van der Waals surface area contributed by atoms with E-state index in [1.54, 1.807) is 10.0 Å². The van der Waals surface area contributed by atoms with Gasteiger partial charge in [-0.3, -0.25) is 8.75 Å². The highest BCUT2D eigenvalue weighted by atomic mass is 35.5. The lowest BCUT2D eigenvalue weighted by molar-refractivity contribution is 0.379. The summed E-state index contributed by atoms with van der Waals surface area (Å²) in [7, 11) is 0. The molecule has 2 heterocycles. The second kappa shape index (κ2) is 4.01. The molecule has 0 aliphatic rings. The van der Waals surface area contributed by atoms with Gasteiger partial charge in [-0.05, 0) is 12.1 Å². The highest BCUT2D eigenvalue weighted by Crippen LogP contribution is 2.17. The van der Waals surface area contributed by atoms with Crippen molar-refractivity contribution in [2.45, 2.75) is 6.54 Å². The van der Waals surface area contributed by atoms with E-state index >= 15 is 0 Å². The first-order valence-corrected chi connectivity index (χ1v) is 6.09. The van der Waals surface area contributed by atoms with Gasteiger partial charge in [-0.15, -0.1) is 0 Å². The van der Waals surface area contributed by atoms with Crippen LogP contribution in [0.15, 0.2) is 39.6 Å². The van der Waals surface area contributed by atoms with E-state index in [1.165, 1.54) is 11.5 Å². The first-order chi connectivity index (χ1) is 8.24. The highest BCUT2D eigenvalue weighted by Gasteiger charge is 2.09. The maximum atomic E-state index is 12.0. The molecular formula is C11H7ClN2O2S. The molecule has 0 spiro atoms. The molecule has 0 radical (unpaired) electrons. The zero-order valence-electron chi connectivity index (χ0n) is 8.59. The van der Waals surface area contributed by atoms with E-state index in [-0.39, 0.29) is 5.56 Å². The molecule has 3 aromatic rings. The van der Waals surface area contributed by atoms with Crippen LogP contribution in [0, 0.1) is 0 Å². The summed E-state index contributed by atoms with van der Waals surface area (Å²) in [5.41, 5.74) is -0.0156. The Labute approximate surface area is 105 Å². The van der Waals surface area contributed by atoms with Gasteiger partial charge >= 0.3 is 0 Å². The molecule has 4 nitrogen and oxygen atoms in total. The van der Waals surface area contributed by atoms with Gasteiger partial charge in [-0.2, -0.15) is 0 Å². The number of benzene rings is 1. The summed E-state index contributed by atoms with van der Waals surface area (Å²) in [4.78, 5) is 12.0.